The molecule has 1 aliphatic carbocycles. The summed E-state index contributed by atoms with van der Waals surface area (Å²) in [7, 11) is 0. The first-order valence-electron chi connectivity index (χ1n) is 10.9. The molecule has 0 unspecified atom stereocenters. The van der Waals surface area contributed by atoms with Gasteiger partial charge in [-0.3, -0.25) is 9.59 Å². The second-order valence-electron chi connectivity index (χ2n) is 8.27. The zero-order chi connectivity index (χ0) is 22.8. The van der Waals surface area contributed by atoms with Crippen molar-refractivity contribution in [3.63, 3.8) is 0 Å². The van der Waals surface area contributed by atoms with Crippen LogP contribution in [0.4, 0.5) is 5.69 Å². The Bertz CT molecular complexity index is 1380. The van der Waals surface area contributed by atoms with Gasteiger partial charge in [-0.2, -0.15) is 0 Å². The summed E-state index contributed by atoms with van der Waals surface area (Å²) in [6.45, 7) is 1.96. The first-order valence-corrected chi connectivity index (χ1v) is 11.9. The molecule has 33 heavy (non-hydrogen) atoms. The Balaban J connectivity index is 1.23. The zero-order valence-electron chi connectivity index (χ0n) is 18.3. The molecule has 0 saturated heterocycles. The summed E-state index contributed by atoms with van der Waals surface area (Å²) in [4.78, 5) is 26.4. The molecule has 0 heterocycles. The monoisotopic (exact) mass is 449 g/mol. The van der Waals surface area contributed by atoms with Crippen molar-refractivity contribution in [2.24, 2.45) is 0 Å². The van der Waals surface area contributed by atoms with Gasteiger partial charge in [-0.1, -0.05) is 60.2 Å². The molecule has 0 fully saturated rings. The highest BCUT2D eigenvalue weighted by Crippen LogP contribution is 2.37. The van der Waals surface area contributed by atoms with E-state index in [1.807, 2.05) is 61.5 Å². The molecule has 0 aliphatic heterocycles. The maximum atomic E-state index is 12.9. The van der Waals surface area contributed by atoms with Crippen molar-refractivity contribution in [3.8, 4) is 11.1 Å². The number of hydrogen-bond donors (Lipinski definition) is 1. The van der Waals surface area contributed by atoms with Crippen LogP contribution in [0.1, 0.15) is 37.4 Å². The lowest BCUT2D eigenvalue weighted by atomic mass is 10.0. The van der Waals surface area contributed by atoms with Gasteiger partial charge in [0, 0.05) is 21.7 Å². The Hall–Kier alpha value is -3.63. The van der Waals surface area contributed by atoms with Gasteiger partial charge >= 0.3 is 0 Å². The normalized spacial score (nSPS) is 11.5. The average Bonchev–Trinajstić information content (AvgIpc) is 3.20. The maximum absolute atomic E-state index is 12.9. The molecule has 1 aliphatic rings. The smallest absolute Gasteiger partial charge is 0.255 e. The molecule has 0 aromatic heterocycles. The molecule has 0 spiro atoms. The number of amides is 1. The molecule has 1 N–H and O–H groups in total. The Morgan fingerprint density at radius 3 is 2.48 bits per heavy atom. The Morgan fingerprint density at radius 1 is 0.788 bits per heavy atom. The summed E-state index contributed by atoms with van der Waals surface area (Å²) in [5, 5.41) is 2.94. The minimum absolute atomic E-state index is 0.105. The largest absolute Gasteiger partial charge is 0.322 e. The predicted molar refractivity (Wildman–Crippen MR) is 135 cm³/mol. The highest BCUT2D eigenvalue weighted by molar-refractivity contribution is 8.00. The number of thioether (sulfide) groups is 1. The summed E-state index contributed by atoms with van der Waals surface area (Å²) in [5.74, 6) is 0.310. The number of anilines is 1. The van der Waals surface area contributed by atoms with Crippen LogP contribution in [-0.4, -0.2) is 17.4 Å². The second-order valence-corrected chi connectivity index (χ2v) is 9.32. The molecule has 162 valence electrons. The summed E-state index contributed by atoms with van der Waals surface area (Å²) >= 11 is 1.48. The molecule has 0 radical (unpaired) electrons. The number of benzene rings is 4. The van der Waals surface area contributed by atoms with E-state index >= 15 is 0 Å². The molecule has 4 aromatic rings. The second kappa shape index (κ2) is 9.08. The summed E-state index contributed by atoms with van der Waals surface area (Å²) in [5.41, 5.74) is 8.16. The van der Waals surface area contributed by atoms with Crippen molar-refractivity contribution in [1.29, 1.82) is 0 Å². The van der Waals surface area contributed by atoms with Crippen molar-refractivity contribution >= 4 is 29.1 Å². The van der Waals surface area contributed by atoms with Crippen LogP contribution in [0.25, 0.3) is 11.1 Å². The molecule has 3 nitrogen and oxygen atoms in total. The lowest BCUT2D eigenvalue weighted by Crippen LogP contribution is -2.11. The molecular formula is C29H23NO2S. The van der Waals surface area contributed by atoms with Crippen molar-refractivity contribution in [2.75, 3.05) is 11.1 Å². The number of aryl methyl sites for hydroxylation is 1. The van der Waals surface area contributed by atoms with E-state index in [1.54, 1.807) is 6.07 Å². The third-order valence-electron chi connectivity index (χ3n) is 5.86. The van der Waals surface area contributed by atoms with E-state index in [4.69, 9.17) is 0 Å². The number of ketones is 1. The van der Waals surface area contributed by atoms with Crippen LogP contribution in [0.2, 0.25) is 0 Å². The quantitative estimate of drug-likeness (QED) is 0.229. The SMILES string of the molecule is Cc1cccc(C(=O)Nc2cccc(SCC(=O)c3ccc4c(c3)Cc3ccccc3-4)c2)c1. The Morgan fingerprint density at radius 2 is 1.61 bits per heavy atom. The van der Waals surface area contributed by atoms with Gasteiger partial charge in [-0.15, -0.1) is 11.8 Å². The van der Waals surface area contributed by atoms with Crippen LogP contribution in [0.15, 0.2) is 95.9 Å². The van der Waals surface area contributed by atoms with E-state index in [1.165, 1.54) is 34.0 Å². The topological polar surface area (TPSA) is 46.2 Å². The van der Waals surface area contributed by atoms with E-state index in [-0.39, 0.29) is 11.7 Å². The zero-order valence-corrected chi connectivity index (χ0v) is 19.1. The number of fused-ring (bicyclic) bond motifs is 3. The number of hydrogen-bond acceptors (Lipinski definition) is 3. The number of Topliss-reactive ketones (excluding diaryl/α,β-unsaturated/α-hetero) is 1. The van der Waals surface area contributed by atoms with E-state index in [2.05, 4.69) is 35.6 Å². The van der Waals surface area contributed by atoms with Gasteiger partial charge < -0.3 is 5.32 Å². The first-order chi connectivity index (χ1) is 16.1. The Labute approximate surface area is 197 Å². The van der Waals surface area contributed by atoms with Crippen molar-refractivity contribution < 1.29 is 9.59 Å². The first kappa shape index (κ1) is 21.2. The van der Waals surface area contributed by atoms with E-state index < -0.39 is 0 Å². The molecule has 0 saturated carbocycles. The van der Waals surface area contributed by atoms with Crippen LogP contribution in [0.3, 0.4) is 0 Å². The summed E-state index contributed by atoms with van der Waals surface area (Å²) < 4.78 is 0. The van der Waals surface area contributed by atoms with Gasteiger partial charge in [0.05, 0.1) is 5.75 Å². The van der Waals surface area contributed by atoms with E-state index in [0.29, 0.717) is 17.0 Å². The lowest BCUT2D eigenvalue weighted by molar-refractivity contribution is 0.101. The number of nitrogens with one attached hydrogen (secondary N) is 1. The number of carbonyl (C=O) groups excluding carboxylic acids is 2. The maximum Gasteiger partial charge on any atom is 0.255 e. The van der Waals surface area contributed by atoms with E-state index in [9.17, 15) is 9.59 Å². The molecule has 1 amide bonds. The van der Waals surface area contributed by atoms with Crippen LogP contribution < -0.4 is 5.32 Å². The molecule has 4 heteroatoms. The number of carbonyl (C=O) groups is 2. The summed E-state index contributed by atoms with van der Waals surface area (Å²) in [6, 6.07) is 29.6. The van der Waals surface area contributed by atoms with Crippen molar-refractivity contribution in [1.82, 2.24) is 0 Å². The van der Waals surface area contributed by atoms with E-state index in [0.717, 1.165) is 22.4 Å². The molecule has 0 bridgehead atoms. The fourth-order valence-corrected chi connectivity index (χ4v) is 5.05. The fourth-order valence-electron chi connectivity index (χ4n) is 4.20. The fraction of sp³-hybridized carbons (Fsp3) is 0.103. The lowest BCUT2D eigenvalue weighted by Gasteiger charge is -2.08. The molecular weight excluding hydrogens is 426 g/mol. The van der Waals surface area contributed by atoms with Crippen LogP contribution in [0, 0.1) is 6.92 Å². The van der Waals surface area contributed by atoms with Gasteiger partial charge in [-0.25, -0.2) is 0 Å². The predicted octanol–water partition coefficient (Wildman–Crippen LogP) is 6.79. The minimum atomic E-state index is -0.143. The third kappa shape index (κ3) is 4.62. The van der Waals surface area contributed by atoms with Crippen LogP contribution in [0.5, 0.6) is 0 Å². The van der Waals surface area contributed by atoms with Crippen LogP contribution in [-0.2, 0) is 6.42 Å². The van der Waals surface area contributed by atoms with Crippen molar-refractivity contribution in [3.05, 3.63) is 119 Å². The molecule has 5 rings (SSSR count). The van der Waals surface area contributed by atoms with Gasteiger partial charge in [0.15, 0.2) is 5.78 Å². The van der Waals surface area contributed by atoms with Crippen molar-refractivity contribution in [2.45, 2.75) is 18.2 Å². The van der Waals surface area contributed by atoms with Gasteiger partial charge in [-0.05, 0) is 72.0 Å². The molecule has 0 atom stereocenters. The third-order valence-corrected chi connectivity index (χ3v) is 6.85. The highest BCUT2D eigenvalue weighted by atomic mass is 32.2. The molecule has 4 aromatic carbocycles. The Kier molecular flexibility index (Phi) is 5.84. The standard InChI is InChI=1S/C29H23NO2S/c1-19-6-4-8-22(14-19)29(32)30-24-9-5-10-25(17-24)33-18-28(31)21-12-13-27-23(16-21)15-20-7-2-3-11-26(20)27/h2-14,16-17H,15,18H2,1H3,(H,30,32). The minimum Gasteiger partial charge on any atom is -0.322 e. The van der Waals surface area contributed by atoms with Crippen LogP contribution >= 0.6 is 11.8 Å². The average molecular weight is 450 g/mol. The number of rotatable bonds is 6. The van der Waals surface area contributed by atoms with Gasteiger partial charge in [0.1, 0.15) is 0 Å². The van der Waals surface area contributed by atoms with Gasteiger partial charge in [0.2, 0.25) is 0 Å². The highest BCUT2D eigenvalue weighted by Gasteiger charge is 2.19. The van der Waals surface area contributed by atoms with Gasteiger partial charge in [0.25, 0.3) is 5.91 Å². The summed E-state index contributed by atoms with van der Waals surface area (Å²) in [6.07, 6.45) is 0.877.